The first-order chi connectivity index (χ1) is 14.1. The van der Waals surface area contributed by atoms with Crippen LogP contribution in [0.3, 0.4) is 0 Å². The number of benzene rings is 1. The Balaban J connectivity index is 1.75. The van der Waals surface area contributed by atoms with Crippen LogP contribution in [0.1, 0.15) is 46.6 Å². The van der Waals surface area contributed by atoms with Crippen LogP contribution in [0.25, 0.3) is 16.7 Å². The summed E-state index contributed by atoms with van der Waals surface area (Å²) >= 11 is 0. The first kappa shape index (κ1) is 17.7. The van der Waals surface area contributed by atoms with Gasteiger partial charge >= 0.3 is 0 Å². The lowest BCUT2D eigenvalue weighted by Crippen LogP contribution is -2.08. The average Bonchev–Trinajstić information content (AvgIpc) is 3.27. The van der Waals surface area contributed by atoms with Gasteiger partial charge in [-0.1, -0.05) is 30.7 Å². The van der Waals surface area contributed by atoms with Gasteiger partial charge in [-0.05, 0) is 24.6 Å². The van der Waals surface area contributed by atoms with Crippen molar-refractivity contribution >= 4 is 5.57 Å². The molecule has 0 amide bonds. The van der Waals surface area contributed by atoms with E-state index in [1.165, 1.54) is 22.3 Å². The van der Waals surface area contributed by atoms with Crippen molar-refractivity contribution in [1.29, 1.82) is 5.26 Å². The summed E-state index contributed by atoms with van der Waals surface area (Å²) < 4.78 is 7.89. The highest BCUT2D eigenvalue weighted by Crippen LogP contribution is 2.43. The van der Waals surface area contributed by atoms with E-state index in [0.717, 1.165) is 34.7 Å². The molecule has 1 aliphatic carbocycles. The minimum atomic E-state index is 0.200. The SMILES string of the molecule is Cc1ccc2c(c1)[C@@H](C)C1=CCc3ncc(cc31)-c1c(nn(C)c1C#N)CCO2. The van der Waals surface area contributed by atoms with Gasteiger partial charge in [-0.3, -0.25) is 9.67 Å². The van der Waals surface area contributed by atoms with E-state index in [9.17, 15) is 5.26 Å². The maximum absolute atomic E-state index is 9.73. The van der Waals surface area contributed by atoms with Crippen LogP contribution in [0.2, 0.25) is 0 Å². The smallest absolute Gasteiger partial charge is 0.146 e. The number of ether oxygens (including phenoxy) is 1. The largest absolute Gasteiger partial charge is 0.493 e. The molecule has 144 valence electrons. The maximum Gasteiger partial charge on any atom is 0.146 e. The summed E-state index contributed by atoms with van der Waals surface area (Å²) in [5.41, 5.74) is 9.22. The number of aromatic nitrogens is 3. The zero-order chi connectivity index (χ0) is 20.1. The molecule has 5 rings (SSSR count). The molecule has 0 radical (unpaired) electrons. The number of rotatable bonds is 0. The molecule has 0 N–H and O–H groups in total. The third kappa shape index (κ3) is 2.75. The Kier molecular flexibility index (Phi) is 4.02. The Hall–Kier alpha value is -3.39. The summed E-state index contributed by atoms with van der Waals surface area (Å²) in [4.78, 5) is 4.75. The van der Waals surface area contributed by atoms with Gasteiger partial charge in [0.05, 0.1) is 18.0 Å². The molecule has 3 heterocycles. The third-order valence-electron chi connectivity index (χ3n) is 6.01. The van der Waals surface area contributed by atoms with Crippen LogP contribution < -0.4 is 4.74 Å². The van der Waals surface area contributed by atoms with Gasteiger partial charge in [0.1, 0.15) is 17.5 Å². The molecular formula is C24H22N4O. The minimum Gasteiger partial charge on any atom is -0.493 e. The zero-order valence-corrected chi connectivity index (χ0v) is 16.9. The van der Waals surface area contributed by atoms with Crippen LogP contribution in [-0.2, 0) is 19.9 Å². The molecule has 0 unspecified atom stereocenters. The fraction of sp³-hybridized carbons (Fsp3) is 0.292. The molecule has 1 aliphatic heterocycles. The van der Waals surface area contributed by atoms with Crippen LogP contribution >= 0.6 is 0 Å². The van der Waals surface area contributed by atoms with Gasteiger partial charge in [0.25, 0.3) is 0 Å². The Morgan fingerprint density at radius 1 is 1.24 bits per heavy atom. The van der Waals surface area contributed by atoms with Gasteiger partial charge in [-0.15, -0.1) is 0 Å². The number of nitrogens with zero attached hydrogens (tertiary/aromatic N) is 4. The zero-order valence-electron chi connectivity index (χ0n) is 16.9. The van der Waals surface area contributed by atoms with Gasteiger partial charge in [0.2, 0.25) is 0 Å². The van der Waals surface area contributed by atoms with Gasteiger partial charge in [-0.25, -0.2) is 0 Å². The minimum absolute atomic E-state index is 0.200. The molecule has 2 aromatic heterocycles. The van der Waals surface area contributed by atoms with Gasteiger partial charge < -0.3 is 4.74 Å². The first-order valence-corrected chi connectivity index (χ1v) is 9.96. The highest BCUT2D eigenvalue weighted by molar-refractivity contribution is 5.82. The fourth-order valence-electron chi connectivity index (χ4n) is 4.52. The van der Waals surface area contributed by atoms with Crippen molar-refractivity contribution in [3.8, 4) is 22.9 Å². The number of hydrogen-bond acceptors (Lipinski definition) is 4. The van der Waals surface area contributed by atoms with E-state index in [1.54, 1.807) is 4.68 Å². The number of fused-ring (bicyclic) bond motifs is 4. The van der Waals surface area contributed by atoms with Crippen molar-refractivity contribution < 1.29 is 4.74 Å². The second-order valence-electron chi connectivity index (χ2n) is 7.85. The Morgan fingerprint density at radius 2 is 2.10 bits per heavy atom. The van der Waals surface area contributed by atoms with Crippen LogP contribution in [-0.4, -0.2) is 21.4 Å². The Morgan fingerprint density at radius 3 is 2.93 bits per heavy atom. The Bertz CT molecular complexity index is 1210. The lowest BCUT2D eigenvalue weighted by molar-refractivity contribution is 0.316. The van der Waals surface area contributed by atoms with Crippen molar-refractivity contribution in [2.24, 2.45) is 7.05 Å². The molecule has 0 saturated heterocycles. The van der Waals surface area contributed by atoms with Crippen molar-refractivity contribution in [3.63, 3.8) is 0 Å². The molecule has 1 atom stereocenters. The normalized spacial score (nSPS) is 17.2. The van der Waals surface area contributed by atoms with Crippen LogP contribution in [0.15, 0.2) is 36.5 Å². The van der Waals surface area contributed by atoms with Crippen molar-refractivity contribution in [3.05, 3.63) is 70.3 Å². The molecule has 5 nitrogen and oxygen atoms in total. The second kappa shape index (κ2) is 6.59. The van der Waals surface area contributed by atoms with E-state index in [1.807, 2.05) is 13.2 Å². The molecule has 2 bridgehead atoms. The number of aryl methyl sites for hydroxylation is 2. The summed E-state index contributed by atoms with van der Waals surface area (Å²) in [7, 11) is 1.82. The number of nitriles is 1. The van der Waals surface area contributed by atoms with E-state index in [4.69, 9.17) is 9.72 Å². The third-order valence-corrected chi connectivity index (χ3v) is 6.01. The van der Waals surface area contributed by atoms with Crippen LogP contribution in [0.4, 0.5) is 0 Å². The predicted molar refractivity (Wildman–Crippen MR) is 112 cm³/mol. The van der Waals surface area contributed by atoms with Crippen molar-refractivity contribution in [2.45, 2.75) is 32.6 Å². The highest BCUT2D eigenvalue weighted by atomic mass is 16.5. The number of allylic oxidation sites excluding steroid dienone is 2. The fourth-order valence-corrected chi connectivity index (χ4v) is 4.52. The molecule has 1 aromatic carbocycles. The molecule has 0 spiro atoms. The van der Waals surface area contributed by atoms with E-state index in [-0.39, 0.29) is 5.92 Å². The topological polar surface area (TPSA) is 63.7 Å². The van der Waals surface area contributed by atoms with Gasteiger partial charge in [0, 0.05) is 54.3 Å². The predicted octanol–water partition coefficient (Wildman–Crippen LogP) is 4.34. The van der Waals surface area contributed by atoms with Gasteiger partial charge in [-0.2, -0.15) is 10.4 Å². The van der Waals surface area contributed by atoms with E-state index in [2.05, 4.69) is 55.4 Å². The highest BCUT2D eigenvalue weighted by Gasteiger charge is 2.27. The van der Waals surface area contributed by atoms with Crippen LogP contribution in [0, 0.1) is 18.3 Å². The summed E-state index contributed by atoms with van der Waals surface area (Å²) in [6, 6.07) is 10.9. The molecule has 5 heteroatoms. The Labute approximate surface area is 170 Å². The summed E-state index contributed by atoms with van der Waals surface area (Å²) in [5.74, 6) is 1.12. The van der Waals surface area contributed by atoms with E-state index < -0.39 is 0 Å². The lowest BCUT2D eigenvalue weighted by Gasteiger charge is -2.21. The summed E-state index contributed by atoms with van der Waals surface area (Å²) in [5, 5.41) is 14.3. The molecule has 3 aromatic rings. The molecule has 0 fully saturated rings. The average molecular weight is 382 g/mol. The van der Waals surface area contributed by atoms with Crippen molar-refractivity contribution in [2.75, 3.05) is 6.61 Å². The van der Waals surface area contributed by atoms with Gasteiger partial charge in [0.15, 0.2) is 0 Å². The monoisotopic (exact) mass is 382 g/mol. The molecule has 29 heavy (non-hydrogen) atoms. The van der Waals surface area contributed by atoms with Crippen molar-refractivity contribution in [1.82, 2.24) is 14.8 Å². The molecule has 2 aliphatic rings. The number of pyridine rings is 1. The van der Waals surface area contributed by atoms with E-state index in [0.29, 0.717) is 18.7 Å². The lowest BCUT2D eigenvalue weighted by atomic mass is 9.87. The quantitative estimate of drug-likeness (QED) is 0.580. The molecule has 0 saturated carbocycles. The van der Waals surface area contributed by atoms with Crippen LogP contribution in [0.5, 0.6) is 5.75 Å². The van der Waals surface area contributed by atoms with E-state index >= 15 is 0 Å². The second-order valence-corrected chi connectivity index (χ2v) is 7.85. The molecular weight excluding hydrogens is 360 g/mol. The standard InChI is InChI=1S/C24H22N4O/c1-14-4-7-23-18(10-14)15(2)17-5-6-20-19(17)11-16(13-26-20)24-21(8-9-29-23)27-28(3)22(24)12-25/h4-5,7,10-11,13,15H,6,8-9H2,1-3H3/t15-/m0/s1. The maximum atomic E-state index is 9.73. The first-order valence-electron chi connectivity index (χ1n) is 9.96. The number of hydrogen-bond donors (Lipinski definition) is 0. The summed E-state index contributed by atoms with van der Waals surface area (Å²) in [6.45, 7) is 4.86. The summed E-state index contributed by atoms with van der Waals surface area (Å²) in [6.07, 6.45) is 5.63.